The van der Waals surface area contributed by atoms with Gasteiger partial charge in [-0.1, -0.05) is 15.9 Å². The van der Waals surface area contributed by atoms with Crippen LogP contribution in [0, 0.1) is 6.92 Å². The van der Waals surface area contributed by atoms with Crippen LogP contribution in [0.15, 0.2) is 45.8 Å². The van der Waals surface area contributed by atoms with Crippen molar-refractivity contribution >= 4 is 43.7 Å². The molecule has 1 atom stereocenters. The first-order valence-corrected chi connectivity index (χ1v) is 10.7. The monoisotopic (exact) mass is 467 g/mol. The summed E-state index contributed by atoms with van der Waals surface area (Å²) < 4.78 is 9.81. The molecule has 0 spiro atoms. The van der Waals surface area contributed by atoms with Crippen molar-refractivity contribution in [3.63, 3.8) is 0 Å². The van der Waals surface area contributed by atoms with Crippen molar-refractivity contribution in [2.24, 2.45) is 7.05 Å². The topological polar surface area (TPSA) is 65.2 Å². The number of ether oxygens (including phenoxy) is 1. The highest BCUT2D eigenvalue weighted by Gasteiger charge is 2.24. The fraction of sp³-hybridized carbons (Fsp3) is 0.318. The van der Waals surface area contributed by atoms with Gasteiger partial charge in [-0.2, -0.15) is 0 Å². The Balaban J connectivity index is 1.71. The van der Waals surface area contributed by atoms with Crippen LogP contribution in [0.2, 0.25) is 0 Å². The van der Waals surface area contributed by atoms with E-state index in [1.165, 1.54) is 0 Å². The highest BCUT2D eigenvalue weighted by Crippen LogP contribution is 2.29. The van der Waals surface area contributed by atoms with E-state index in [4.69, 9.17) is 9.72 Å². The lowest BCUT2D eigenvalue weighted by Gasteiger charge is -2.19. The fourth-order valence-electron chi connectivity index (χ4n) is 4.27. The third-order valence-corrected chi connectivity index (χ3v) is 6.43. The van der Waals surface area contributed by atoms with Crippen LogP contribution >= 0.6 is 15.9 Å². The maximum absolute atomic E-state index is 13.2. The molecule has 1 aliphatic heterocycles. The largest absolute Gasteiger partial charge is 0.380 e. The molecule has 1 aromatic carbocycles. The Bertz CT molecular complexity index is 1340. The van der Waals surface area contributed by atoms with Crippen molar-refractivity contribution in [1.82, 2.24) is 19.1 Å². The van der Waals surface area contributed by atoms with E-state index in [0.29, 0.717) is 0 Å². The molecule has 0 bridgehead atoms. The van der Waals surface area contributed by atoms with Crippen LogP contribution in [0.25, 0.3) is 27.6 Å². The Hall–Kier alpha value is -2.71. The smallest absolute Gasteiger partial charge is 0.333 e. The number of hydrogen-bond donors (Lipinski definition) is 0. The van der Waals surface area contributed by atoms with Gasteiger partial charge in [0.05, 0.1) is 40.2 Å². The van der Waals surface area contributed by atoms with Gasteiger partial charge in [0.1, 0.15) is 5.82 Å². The van der Waals surface area contributed by atoms with Gasteiger partial charge in [-0.05, 0) is 43.7 Å². The lowest BCUT2D eigenvalue weighted by Crippen LogP contribution is -2.24. The molecule has 1 unspecified atom stereocenters. The molecule has 4 aromatic rings. The second kappa shape index (κ2) is 7.21. The van der Waals surface area contributed by atoms with Gasteiger partial charge in [-0.15, -0.1) is 0 Å². The number of aromatic nitrogens is 4. The van der Waals surface area contributed by atoms with Crippen molar-refractivity contribution in [3.05, 3.63) is 57.2 Å². The van der Waals surface area contributed by atoms with Gasteiger partial charge in [-0.25, -0.2) is 9.78 Å². The minimum atomic E-state index is -0.113. The summed E-state index contributed by atoms with van der Waals surface area (Å²) in [6.45, 7) is 3.71. The van der Waals surface area contributed by atoms with Crippen molar-refractivity contribution in [3.8, 4) is 5.69 Å². The maximum atomic E-state index is 13.2. The normalized spacial score (nSPS) is 16.8. The number of aryl methyl sites for hydroxylation is 2. The van der Waals surface area contributed by atoms with Crippen LogP contribution < -0.4 is 10.6 Å². The van der Waals surface area contributed by atoms with E-state index in [1.54, 1.807) is 29.5 Å². The lowest BCUT2D eigenvalue weighted by atomic mass is 10.2. The fourth-order valence-corrected chi connectivity index (χ4v) is 4.64. The van der Waals surface area contributed by atoms with E-state index in [2.05, 4.69) is 25.8 Å². The van der Waals surface area contributed by atoms with E-state index in [1.807, 2.05) is 37.3 Å². The highest BCUT2D eigenvalue weighted by molar-refractivity contribution is 9.10. The number of fused-ring (bicyclic) bond motifs is 3. The Morgan fingerprint density at radius 3 is 2.80 bits per heavy atom. The van der Waals surface area contributed by atoms with Gasteiger partial charge < -0.3 is 9.64 Å². The van der Waals surface area contributed by atoms with E-state index < -0.39 is 0 Å². The van der Waals surface area contributed by atoms with E-state index in [-0.39, 0.29) is 11.8 Å². The third-order valence-electron chi connectivity index (χ3n) is 5.93. The number of halogens is 1. The average molecular weight is 468 g/mol. The summed E-state index contributed by atoms with van der Waals surface area (Å²) in [6.07, 6.45) is 3.00. The first kappa shape index (κ1) is 19.3. The molecular formula is C22H22BrN5O2. The molecule has 1 fully saturated rings. The van der Waals surface area contributed by atoms with Crippen molar-refractivity contribution in [2.45, 2.75) is 19.4 Å². The summed E-state index contributed by atoms with van der Waals surface area (Å²) in [6, 6.07) is 9.90. The number of rotatable bonds is 3. The van der Waals surface area contributed by atoms with Crippen LogP contribution in [0.1, 0.15) is 12.1 Å². The standard InChI is InChI=1S/C22H22BrN5O2/c1-13-18(6-7-20(25-13)27-9-8-15(12-27)30-3)28-21-16-10-14(23)4-5-17(16)24-11-19(21)26(2)22(28)29/h4-7,10-11,15H,8-9,12H2,1-3H3. The quantitative estimate of drug-likeness (QED) is 0.460. The van der Waals surface area contributed by atoms with Crippen molar-refractivity contribution < 1.29 is 4.74 Å². The second-order valence-corrected chi connectivity index (χ2v) is 8.61. The lowest BCUT2D eigenvalue weighted by molar-refractivity contribution is 0.121. The molecule has 30 heavy (non-hydrogen) atoms. The van der Waals surface area contributed by atoms with Crippen LogP contribution in [-0.4, -0.2) is 45.4 Å². The molecule has 7 nitrogen and oxygen atoms in total. The number of anilines is 1. The van der Waals surface area contributed by atoms with Gasteiger partial charge in [0.15, 0.2) is 0 Å². The number of imidazole rings is 1. The Labute approximate surface area is 182 Å². The summed E-state index contributed by atoms with van der Waals surface area (Å²) in [7, 11) is 3.53. The summed E-state index contributed by atoms with van der Waals surface area (Å²) in [4.78, 5) is 24.8. The third kappa shape index (κ3) is 2.94. The van der Waals surface area contributed by atoms with E-state index in [9.17, 15) is 4.79 Å². The number of nitrogens with zero attached hydrogens (tertiary/aromatic N) is 5. The number of methoxy groups -OCH3 is 1. The Morgan fingerprint density at radius 1 is 1.23 bits per heavy atom. The first-order valence-electron chi connectivity index (χ1n) is 9.89. The minimum absolute atomic E-state index is 0.113. The maximum Gasteiger partial charge on any atom is 0.333 e. The molecule has 0 radical (unpaired) electrons. The number of benzene rings is 1. The summed E-state index contributed by atoms with van der Waals surface area (Å²) >= 11 is 3.55. The van der Waals surface area contributed by atoms with Crippen LogP contribution in [0.5, 0.6) is 0 Å². The predicted octanol–water partition coefficient (Wildman–Crippen LogP) is 3.57. The molecule has 154 valence electrons. The predicted molar refractivity (Wildman–Crippen MR) is 122 cm³/mol. The second-order valence-electron chi connectivity index (χ2n) is 7.70. The van der Waals surface area contributed by atoms with Gasteiger partial charge in [0, 0.05) is 37.1 Å². The summed E-state index contributed by atoms with van der Waals surface area (Å²) in [5.41, 5.74) is 3.95. The molecule has 0 aliphatic carbocycles. The molecule has 1 saturated heterocycles. The molecule has 0 N–H and O–H groups in total. The summed E-state index contributed by atoms with van der Waals surface area (Å²) in [5, 5.41) is 0.922. The van der Waals surface area contributed by atoms with E-state index >= 15 is 0 Å². The van der Waals surface area contributed by atoms with Gasteiger partial charge in [-0.3, -0.25) is 14.1 Å². The minimum Gasteiger partial charge on any atom is -0.380 e. The zero-order chi connectivity index (χ0) is 21.0. The van der Waals surface area contributed by atoms with Crippen molar-refractivity contribution in [1.29, 1.82) is 0 Å². The molecule has 8 heteroatoms. The van der Waals surface area contributed by atoms with E-state index in [0.717, 1.165) is 63.1 Å². The molecular weight excluding hydrogens is 446 g/mol. The number of pyridine rings is 2. The Morgan fingerprint density at radius 2 is 2.07 bits per heavy atom. The zero-order valence-corrected chi connectivity index (χ0v) is 18.7. The highest BCUT2D eigenvalue weighted by atomic mass is 79.9. The first-order chi connectivity index (χ1) is 14.5. The SMILES string of the molecule is COC1CCN(c2ccc(-n3c(=O)n(C)c4cnc5ccc(Br)cc5c43)c(C)n2)C1. The molecule has 4 heterocycles. The zero-order valence-electron chi connectivity index (χ0n) is 17.1. The van der Waals surface area contributed by atoms with Crippen LogP contribution in [-0.2, 0) is 11.8 Å². The molecule has 0 amide bonds. The molecule has 1 aliphatic rings. The average Bonchev–Trinajstić information content (AvgIpc) is 3.32. The van der Waals surface area contributed by atoms with Gasteiger partial charge >= 0.3 is 5.69 Å². The summed E-state index contributed by atoms with van der Waals surface area (Å²) in [5.74, 6) is 0.915. The molecule has 0 saturated carbocycles. The van der Waals surface area contributed by atoms with Crippen LogP contribution in [0.4, 0.5) is 5.82 Å². The molecule has 5 rings (SSSR count). The van der Waals surface area contributed by atoms with Crippen molar-refractivity contribution in [2.75, 3.05) is 25.1 Å². The molecule has 3 aromatic heterocycles. The van der Waals surface area contributed by atoms with Crippen LogP contribution in [0.3, 0.4) is 0 Å². The Kier molecular flexibility index (Phi) is 4.63. The van der Waals surface area contributed by atoms with Gasteiger partial charge in [0.2, 0.25) is 0 Å². The van der Waals surface area contributed by atoms with Gasteiger partial charge in [0.25, 0.3) is 0 Å². The number of hydrogen-bond acceptors (Lipinski definition) is 5.